The minimum Gasteiger partial charge on any atom is -0.480 e. The maximum atomic E-state index is 12.1. The average molecular weight is 386 g/mol. The van der Waals surface area contributed by atoms with Gasteiger partial charge in [0.1, 0.15) is 6.04 Å². The Morgan fingerprint density at radius 2 is 1.89 bits per heavy atom. The summed E-state index contributed by atoms with van der Waals surface area (Å²) in [6.45, 7) is 5.07. The fraction of sp³-hybridized carbons (Fsp3) is 0.667. The Balaban J connectivity index is 2.93. The first-order valence-corrected chi connectivity index (χ1v) is 8.42. The number of carboxylic acids is 1. The van der Waals surface area contributed by atoms with Crippen LogP contribution in [0.15, 0.2) is 4.52 Å². The van der Waals surface area contributed by atoms with Gasteiger partial charge < -0.3 is 36.8 Å². The van der Waals surface area contributed by atoms with Crippen LogP contribution in [-0.2, 0) is 9.59 Å². The number of aliphatic carboxylic acids is 1. The second-order valence-electron chi connectivity index (χ2n) is 6.30. The lowest BCUT2D eigenvalue weighted by molar-refractivity contribution is -0.141. The van der Waals surface area contributed by atoms with Gasteiger partial charge >= 0.3 is 12.0 Å². The summed E-state index contributed by atoms with van der Waals surface area (Å²) in [6.07, 6.45) is -0.918. The number of carboxylic acid groups (broad SMARTS) is 1. The van der Waals surface area contributed by atoms with Crippen LogP contribution >= 0.6 is 0 Å². The van der Waals surface area contributed by atoms with E-state index in [-0.39, 0.29) is 24.1 Å². The van der Waals surface area contributed by atoms with E-state index in [2.05, 4.69) is 20.8 Å². The maximum Gasteiger partial charge on any atom is 0.328 e. The molecule has 3 amide bonds. The first kappa shape index (κ1) is 22.3. The number of aliphatic hydroxyl groups is 1. The Bertz CT molecular complexity index is 663. The van der Waals surface area contributed by atoms with Crippen LogP contribution in [0.25, 0.3) is 0 Å². The van der Waals surface area contributed by atoms with Gasteiger partial charge in [-0.05, 0) is 12.8 Å². The third-order valence-electron chi connectivity index (χ3n) is 4.06. The standard InChI is InChI=1S/C15H26N6O6/c1-4-6(2)10(17)12-20-13(27-21-12)8(5-9(16)23)18-15(26)19-11(7(3)22)14(24)25/h6-8,10-11,22H,4-5,17H2,1-3H3,(H2,16,23)(H,24,25)(H2,18,19,26)/t6?,7?,8-,10?,11?/m0/s1. The number of nitrogens with two attached hydrogens (primary N) is 2. The second-order valence-corrected chi connectivity index (χ2v) is 6.30. The summed E-state index contributed by atoms with van der Waals surface area (Å²) in [5.74, 6) is -1.99. The van der Waals surface area contributed by atoms with Crippen molar-refractivity contribution in [2.24, 2.45) is 17.4 Å². The number of nitrogens with zero attached hydrogens (tertiary/aromatic N) is 2. The van der Waals surface area contributed by atoms with E-state index in [1.165, 1.54) is 6.92 Å². The van der Waals surface area contributed by atoms with E-state index in [1.807, 2.05) is 13.8 Å². The zero-order chi connectivity index (χ0) is 20.7. The van der Waals surface area contributed by atoms with Crippen molar-refractivity contribution in [3.8, 4) is 0 Å². The zero-order valence-corrected chi connectivity index (χ0v) is 15.4. The van der Waals surface area contributed by atoms with E-state index in [0.717, 1.165) is 6.42 Å². The van der Waals surface area contributed by atoms with Gasteiger partial charge in [-0.3, -0.25) is 4.79 Å². The van der Waals surface area contributed by atoms with Crippen molar-refractivity contribution in [1.82, 2.24) is 20.8 Å². The molecule has 4 unspecified atom stereocenters. The minimum absolute atomic E-state index is 0.0728. The van der Waals surface area contributed by atoms with Crippen LogP contribution in [0.4, 0.5) is 4.79 Å². The lowest BCUT2D eigenvalue weighted by atomic mass is 10.00. The smallest absolute Gasteiger partial charge is 0.328 e. The van der Waals surface area contributed by atoms with E-state index in [4.69, 9.17) is 21.1 Å². The van der Waals surface area contributed by atoms with Crippen LogP contribution in [0.3, 0.4) is 0 Å². The van der Waals surface area contributed by atoms with Crippen LogP contribution in [-0.4, -0.2) is 50.4 Å². The number of urea groups is 1. The highest BCUT2D eigenvalue weighted by atomic mass is 16.5. The van der Waals surface area contributed by atoms with Gasteiger partial charge in [0, 0.05) is 0 Å². The summed E-state index contributed by atoms with van der Waals surface area (Å²) >= 11 is 0. The number of rotatable bonds is 10. The molecule has 0 saturated heterocycles. The third-order valence-corrected chi connectivity index (χ3v) is 4.06. The Morgan fingerprint density at radius 1 is 1.26 bits per heavy atom. The quantitative estimate of drug-likeness (QED) is 0.296. The molecule has 0 aromatic carbocycles. The fourth-order valence-corrected chi connectivity index (χ4v) is 2.16. The highest BCUT2D eigenvalue weighted by Crippen LogP contribution is 2.22. The molecule has 152 valence electrons. The van der Waals surface area contributed by atoms with Crippen LogP contribution < -0.4 is 22.1 Å². The molecule has 1 heterocycles. The first-order chi connectivity index (χ1) is 12.6. The molecule has 0 aliphatic rings. The maximum absolute atomic E-state index is 12.1. The van der Waals surface area contributed by atoms with Gasteiger partial charge in [-0.25, -0.2) is 9.59 Å². The predicted octanol–water partition coefficient (Wildman–Crippen LogP) is -0.835. The molecule has 8 N–H and O–H groups in total. The van der Waals surface area contributed by atoms with E-state index in [1.54, 1.807) is 0 Å². The van der Waals surface area contributed by atoms with Crippen LogP contribution in [0, 0.1) is 5.92 Å². The first-order valence-electron chi connectivity index (χ1n) is 8.42. The molecule has 0 radical (unpaired) electrons. The molecule has 12 heteroatoms. The van der Waals surface area contributed by atoms with Gasteiger partial charge in [0.2, 0.25) is 11.8 Å². The molecule has 27 heavy (non-hydrogen) atoms. The summed E-state index contributed by atoms with van der Waals surface area (Å²) in [5.41, 5.74) is 11.2. The monoisotopic (exact) mass is 386 g/mol. The Labute approximate surface area is 155 Å². The number of amides is 3. The van der Waals surface area contributed by atoms with Gasteiger partial charge in [-0.2, -0.15) is 4.98 Å². The molecule has 1 aromatic heterocycles. The summed E-state index contributed by atoms with van der Waals surface area (Å²) in [5, 5.41) is 26.6. The highest BCUT2D eigenvalue weighted by molar-refractivity contribution is 5.83. The number of carbonyl (C=O) groups is 3. The van der Waals surface area contributed by atoms with E-state index in [9.17, 15) is 19.5 Å². The van der Waals surface area contributed by atoms with E-state index >= 15 is 0 Å². The number of hydrogen-bond donors (Lipinski definition) is 6. The van der Waals surface area contributed by atoms with Crippen molar-refractivity contribution in [3.05, 3.63) is 11.7 Å². The number of aromatic nitrogens is 2. The average Bonchev–Trinajstić information content (AvgIpc) is 3.06. The molecule has 0 aliphatic carbocycles. The number of primary amides is 1. The van der Waals surface area contributed by atoms with Crippen LogP contribution in [0.5, 0.6) is 0 Å². The topological polar surface area (TPSA) is 207 Å². The van der Waals surface area contributed by atoms with Crippen molar-refractivity contribution >= 4 is 17.9 Å². The minimum atomic E-state index is -1.55. The summed E-state index contributed by atoms with van der Waals surface area (Å²) in [7, 11) is 0. The van der Waals surface area contributed by atoms with Crippen LogP contribution in [0.2, 0.25) is 0 Å². The number of hydrogen-bond acceptors (Lipinski definition) is 8. The molecular weight excluding hydrogens is 360 g/mol. The molecule has 0 fully saturated rings. The summed E-state index contributed by atoms with van der Waals surface area (Å²) in [4.78, 5) is 38.5. The van der Waals surface area contributed by atoms with Gasteiger partial charge in [-0.1, -0.05) is 25.4 Å². The highest BCUT2D eigenvalue weighted by Gasteiger charge is 2.29. The molecule has 12 nitrogen and oxygen atoms in total. The summed E-state index contributed by atoms with van der Waals surface area (Å²) in [6, 6.07) is -4.09. The van der Waals surface area contributed by atoms with Gasteiger partial charge in [0.05, 0.1) is 18.6 Å². The van der Waals surface area contributed by atoms with Crippen molar-refractivity contribution in [3.63, 3.8) is 0 Å². The molecule has 0 bridgehead atoms. The molecule has 1 aromatic rings. The van der Waals surface area contributed by atoms with Crippen molar-refractivity contribution in [2.75, 3.05) is 0 Å². The Morgan fingerprint density at radius 3 is 2.37 bits per heavy atom. The van der Waals surface area contributed by atoms with Gasteiger partial charge in [0.15, 0.2) is 11.9 Å². The van der Waals surface area contributed by atoms with Crippen molar-refractivity contribution in [1.29, 1.82) is 0 Å². The molecule has 0 saturated carbocycles. The van der Waals surface area contributed by atoms with E-state index < -0.39 is 42.1 Å². The fourth-order valence-electron chi connectivity index (χ4n) is 2.16. The van der Waals surface area contributed by atoms with Crippen molar-refractivity contribution in [2.45, 2.75) is 57.8 Å². The normalized spacial score (nSPS) is 16.6. The molecule has 0 spiro atoms. The molecule has 1 rings (SSSR count). The third kappa shape index (κ3) is 6.49. The summed E-state index contributed by atoms with van der Waals surface area (Å²) < 4.78 is 5.09. The van der Waals surface area contributed by atoms with Crippen LogP contribution in [0.1, 0.15) is 57.4 Å². The number of nitrogens with one attached hydrogen (secondary N) is 2. The Hall–Kier alpha value is -2.73. The number of aliphatic hydroxyl groups excluding tert-OH is 1. The van der Waals surface area contributed by atoms with Crippen molar-refractivity contribution < 1.29 is 29.1 Å². The molecule has 0 aliphatic heterocycles. The lowest BCUT2D eigenvalue weighted by Crippen LogP contribution is -2.52. The largest absolute Gasteiger partial charge is 0.480 e. The predicted molar refractivity (Wildman–Crippen MR) is 92.0 cm³/mol. The lowest BCUT2D eigenvalue weighted by Gasteiger charge is -2.19. The number of carbonyl (C=O) groups excluding carboxylic acids is 2. The van der Waals surface area contributed by atoms with E-state index in [0.29, 0.717) is 0 Å². The molecule has 5 atom stereocenters. The SMILES string of the molecule is CCC(C)C(N)c1noc([C@H](CC(N)=O)NC(=O)NC(C(=O)O)C(C)O)n1. The van der Waals surface area contributed by atoms with Gasteiger partial charge in [-0.15, -0.1) is 0 Å². The Kier molecular flexibility index (Phi) is 8.12. The zero-order valence-electron chi connectivity index (χ0n) is 15.4. The molecular formula is C15H26N6O6. The van der Waals surface area contributed by atoms with Gasteiger partial charge in [0.25, 0.3) is 0 Å². The second kappa shape index (κ2) is 9.83.